The van der Waals surface area contributed by atoms with Crippen molar-refractivity contribution in [3.8, 4) is 0 Å². The summed E-state index contributed by atoms with van der Waals surface area (Å²) in [6.45, 7) is 6.88. The van der Waals surface area contributed by atoms with E-state index in [0.29, 0.717) is 13.0 Å². The normalized spacial score (nSPS) is 14.9. The van der Waals surface area contributed by atoms with E-state index in [1.54, 1.807) is 6.20 Å². The molecular formula is C18H26N4O. The van der Waals surface area contributed by atoms with E-state index in [0.717, 1.165) is 5.56 Å². The van der Waals surface area contributed by atoms with Crippen LogP contribution in [0.3, 0.4) is 0 Å². The number of benzene rings is 1. The zero-order chi connectivity index (χ0) is 16.7. The topological polar surface area (TPSA) is 59.0 Å². The summed E-state index contributed by atoms with van der Waals surface area (Å²) in [5.41, 5.74) is 1.12. The zero-order valence-electron chi connectivity index (χ0n) is 14.1. The predicted molar refractivity (Wildman–Crippen MR) is 92.0 cm³/mol. The first-order valence-corrected chi connectivity index (χ1v) is 8.14. The lowest BCUT2D eigenvalue weighted by molar-refractivity contribution is -0.121. The SMILES string of the molecule is C[C@H](NC(=O)CCN[C@@H](C)[C@H](C)n1cccn1)c1ccccc1. The molecule has 5 heteroatoms. The molecule has 124 valence electrons. The Morgan fingerprint density at radius 2 is 1.91 bits per heavy atom. The largest absolute Gasteiger partial charge is 0.350 e. The van der Waals surface area contributed by atoms with Crippen LogP contribution < -0.4 is 10.6 Å². The highest BCUT2D eigenvalue weighted by atomic mass is 16.1. The van der Waals surface area contributed by atoms with E-state index < -0.39 is 0 Å². The van der Waals surface area contributed by atoms with Crippen molar-refractivity contribution in [2.24, 2.45) is 0 Å². The molecule has 0 fully saturated rings. The Labute approximate surface area is 138 Å². The lowest BCUT2D eigenvalue weighted by Gasteiger charge is -2.22. The minimum atomic E-state index is 0.0316. The molecule has 0 bridgehead atoms. The molecule has 0 unspecified atom stereocenters. The van der Waals surface area contributed by atoms with Crippen molar-refractivity contribution < 1.29 is 4.79 Å². The van der Waals surface area contributed by atoms with Gasteiger partial charge in [0.25, 0.3) is 0 Å². The third-order valence-electron chi connectivity index (χ3n) is 4.16. The summed E-state index contributed by atoms with van der Waals surface area (Å²) in [6, 6.07) is 12.4. The van der Waals surface area contributed by atoms with Crippen LogP contribution in [-0.2, 0) is 4.79 Å². The fourth-order valence-corrected chi connectivity index (χ4v) is 2.47. The second-order valence-electron chi connectivity index (χ2n) is 5.92. The summed E-state index contributed by atoms with van der Waals surface area (Å²) in [6.07, 6.45) is 4.20. The average Bonchev–Trinajstić information content (AvgIpc) is 3.09. The van der Waals surface area contributed by atoms with Crippen LogP contribution >= 0.6 is 0 Å². The van der Waals surface area contributed by atoms with Gasteiger partial charge >= 0.3 is 0 Å². The Bertz CT molecular complexity index is 582. The number of aromatic nitrogens is 2. The summed E-state index contributed by atoms with van der Waals surface area (Å²) in [5.74, 6) is 0.0628. The molecule has 1 amide bonds. The Morgan fingerprint density at radius 3 is 2.57 bits per heavy atom. The first-order valence-electron chi connectivity index (χ1n) is 8.14. The monoisotopic (exact) mass is 314 g/mol. The maximum Gasteiger partial charge on any atom is 0.221 e. The van der Waals surface area contributed by atoms with E-state index in [1.807, 2.05) is 54.2 Å². The lowest BCUT2D eigenvalue weighted by atomic mass is 10.1. The Morgan fingerprint density at radius 1 is 1.17 bits per heavy atom. The molecule has 1 aromatic heterocycles. The van der Waals surface area contributed by atoms with Gasteiger partial charge in [0.15, 0.2) is 0 Å². The van der Waals surface area contributed by atoms with Gasteiger partial charge in [-0.1, -0.05) is 30.3 Å². The van der Waals surface area contributed by atoms with E-state index in [-0.39, 0.29) is 24.0 Å². The van der Waals surface area contributed by atoms with Gasteiger partial charge < -0.3 is 10.6 Å². The molecule has 0 radical (unpaired) electrons. The number of hydrogen-bond donors (Lipinski definition) is 2. The Balaban J connectivity index is 1.70. The number of nitrogens with one attached hydrogen (secondary N) is 2. The molecular weight excluding hydrogens is 288 g/mol. The molecule has 5 nitrogen and oxygen atoms in total. The Kier molecular flexibility index (Phi) is 6.35. The van der Waals surface area contributed by atoms with Crippen LogP contribution in [0, 0.1) is 0 Å². The van der Waals surface area contributed by atoms with Gasteiger partial charge in [-0.2, -0.15) is 5.10 Å². The smallest absolute Gasteiger partial charge is 0.221 e. The zero-order valence-corrected chi connectivity index (χ0v) is 14.1. The molecule has 2 aromatic rings. The molecule has 2 N–H and O–H groups in total. The number of carbonyl (C=O) groups excluding carboxylic acids is 1. The predicted octanol–water partition coefficient (Wildman–Crippen LogP) is 2.69. The quantitative estimate of drug-likeness (QED) is 0.787. The standard InChI is InChI=1S/C18H26N4O/c1-14(16(3)22-13-7-11-20-22)19-12-10-18(23)21-15(2)17-8-5-4-6-9-17/h4-9,11,13-16,19H,10,12H2,1-3H3,(H,21,23)/t14-,15-,16-/m0/s1. The van der Waals surface area contributed by atoms with Crippen LogP contribution in [-0.4, -0.2) is 28.3 Å². The summed E-state index contributed by atoms with van der Waals surface area (Å²) in [5, 5.41) is 10.7. The van der Waals surface area contributed by atoms with Crippen molar-refractivity contribution >= 4 is 5.91 Å². The first kappa shape index (κ1) is 17.2. The lowest BCUT2D eigenvalue weighted by Crippen LogP contribution is -2.37. The van der Waals surface area contributed by atoms with Crippen LogP contribution in [0.2, 0.25) is 0 Å². The van der Waals surface area contributed by atoms with E-state index in [9.17, 15) is 4.79 Å². The highest BCUT2D eigenvalue weighted by molar-refractivity contribution is 5.76. The molecule has 3 atom stereocenters. The molecule has 0 aliphatic heterocycles. The van der Waals surface area contributed by atoms with Gasteiger partial charge in [-0.15, -0.1) is 0 Å². The van der Waals surface area contributed by atoms with E-state index in [1.165, 1.54) is 0 Å². The minimum Gasteiger partial charge on any atom is -0.350 e. The third-order valence-corrected chi connectivity index (χ3v) is 4.16. The van der Waals surface area contributed by atoms with Gasteiger partial charge in [0.05, 0.1) is 12.1 Å². The fraction of sp³-hybridized carbons (Fsp3) is 0.444. The van der Waals surface area contributed by atoms with Crippen molar-refractivity contribution in [2.75, 3.05) is 6.54 Å². The maximum absolute atomic E-state index is 12.0. The third kappa shape index (κ3) is 5.21. The second kappa shape index (κ2) is 8.48. The van der Waals surface area contributed by atoms with Crippen molar-refractivity contribution in [1.82, 2.24) is 20.4 Å². The highest BCUT2D eigenvalue weighted by Crippen LogP contribution is 2.11. The number of hydrogen-bond acceptors (Lipinski definition) is 3. The molecule has 0 aliphatic rings. The van der Waals surface area contributed by atoms with E-state index in [4.69, 9.17) is 0 Å². The van der Waals surface area contributed by atoms with Gasteiger partial charge in [-0.05, 0) is 32.4 Å². The van der Waals surface area contributed by atoms with Crippen LogP contribution in [0.15, 0.2) is 48.8 Å². The van der Waals surface area contributed by atoms with Gasteiger partial charge in [0.2, 0.25) is 5.91 Å². The summed E-state index contributed by atoms with van der Waals surface area (Å²) >= 11 is 0. The van der Waals surface area contributed by atoms with Crippen molar-refractivity contribution in [2.45, 2.75) is 45.3 Å². The van der Waals surface area contributed by atoms with E-state index in [2.05, 4.69) is 29.6 Å². The second-order valence-corrected chi connectivity index (χ2v) is 5.92. The number of carbonyl (C=O) groups is 1. The van der Waals surface area contributed by atoms with Gasteiger partial charge in [-0.3, -0.25) is 9.48 Å². The molecule has 0 spiro atoms. The number of nitrogens with zero attached hydrogens (tertiary/aromatic N) is 2. The fourth-order valence-electron chi connectivity index (χ4n) is 2.47. The van der Waals surface area contributed by atoms with Gasteiger partial charge in [0, 0.05) is 31.4 Å². The van der Waals surface area contributed by atoms with Crippen LogP contribution in [0.5, 0.6) is 0 Å². The molecule has 0 saturated heterocycles. The van der Waals surface area contributed by atoms with Gasteiger partial charge in [0.1, 0.15) is 0 Å². The summed E-state index contributed by atoms with van der Waals surface area (Å²) in [7, 11) is 0. The van der Waals surface area contributed by atoms with Crippen molar-refractivity contribution in [1.29, 1.82) is 0 Å². The Hall–Kier alpha value is -2.14. The number of rotatable bonds is 8. The highest BCUT2D eigenvalue weighted by Gasteiger charge is 2.14. The molecule has 0 saturated carbocycles. The van der Waals surface area contributed by atoms with E-state index >= 15 is 0 Å². The van der Waals surface area contributed by atoms with Crippen LogP contribution in [0.4, 0.5) is 0 Å². The summed E-state index contributed by atoms with van der Waals surface area (Å²) < 4.78 is 1.93. The van der Waals surface area contributed by atoms with Crippen molar-refractivity contribution in [3.05, 3.63) is 54.4 Å². The number of amides is 1. The minimum absolute atomic E-state index is 0.0316. The molecule has 1 heterocycles. The van der Waals surface area contributed by atoms with Crippen LogP contribution in [0.1, 0.15) is 44.8 Å². The average molecular weight is 314 g/mol. The molecule has 0 aliphatic carbocycles. The molecule has 1 aromatic carbocycles. The first-order chi connectivity index (χ1) is 11.1. The summed E-state index contributed by atoms with van der Waals surface area (Å²) in [4.78, 5) is 12.0. The van der Waals surface area contributed by atoms with Crippen LogP contribution in [0.25, 0.3) is 0 Å². The van der Waals surface area contributed by atoms with Crippen molar-refractivity contribution in [3.63, 3.8) is 0 Å². The molecule has 23 heavy (non-hydrogen) atoms. The van der Waals surface area contributed by atoms with Gasteiger partial charge in [-0.25, -0.2) is 0 Å². The molecule has 2 rings (SSSR count). The maximum atomic E-state index is 12.0.